The number of ether oxygens (including phenoxy) is 1. The first-order valence-corrected chi connectivity index (χ1v) is 11.3. The van der Waals surface area contributed by atoms with E-state index in [1.807, 2.05) is 37.3 Å². The summed E-state index contributed by atoms with van der Waals surface area (Å²) in [4.78, 5) is 14.7. The summed E-state index contributed by atoms with van der Waals surface area (Å²) in [5.41, 5.74) is 2.28. The van der Waals surface area contributed by atoms with Crippen molar-refractivity contribution in [1.82, 2.24) is 4.90 Å². The van der Waals surface area contributed by atoms with Crippen molar-refractivity contribution in [2.75, 3.05) is 25.0 Å². The Hall–Kier alpha value is -3.32. The van der Waals surface area contributed by atoms with Crippen LogP contribution in [0.15, 0.2) is 83.8 Å². The molecule has 0 aliphatic rings. The number of nitrogens with zero attached hydrogens (tertiary/aromatic N) is 2. The third-order valence-corrected chi connectivity index (χ3v) is 6.69. The molecule has 0 aromatic heterocycles. The number of hydrogen-bond acceptors (Lipinski definition) is 4. The van der Waals surface area contributed by atoms with Crippen LogP contribution in [0, 0.1) is 6.92 Å². The minimum absolute atomic E-state index is 0.141. The highest BCUT2D eigenvalue weighted by Gasteiger charge is 2.28. The van der Waals surface area contributed by atoms with Gasteiger partial charge < -0.3 is 9.64 Å². The molecule has 0 spiro atoms. The van der Waals surface area contributed by atoms with E-state index in [2.05, 4.69) is 0 Å². The summed E-state index contributed by atoms with van der Waals surface area (Å²) in [5.74, 6) is 0.425. The maximum Gasteiger partial charge on any atom is 0.264 e. The molecule has 31 heavy (non-hydrogen) atoms. The summed E-state index contributed by atoms with van der Waals surface area (Å²) in [5, 5.41) is 0. The summed E-state index contributed by atoms with van der Waals surface area (Å²) in [6, 6.07) is 22.7. The Kier molecular flexibility index (Phi) is 6.97. The van der Waals surface area contributed by atoms with E-state index < -0.39 is 10.0 Å². The van der Waals surface area contributed by atoms with Crippen molar-refractivity contribution in [3.05, 3.63) is 90.0 Å². The van der Waals surface area contributed by atoms with E-state index in [0.29, 0.717) is 12.2 Å². The molecule has 3 aromatic rings. The van der Waals surface area contributed by atoms with Gasteiger partial charge in [0.2, 0.25) is 5.91 Å². The van der Waals surface area contributed by atoms with Crippen LogP contribution in [0.4, 0.5) is 5.69 Å². The van der Waals surface area contributed by atoms with E-state index in [1.54, 1.807) is 50.6 Å². The summed E-state index contributed by atoms with van der Waals surface area (Å²) >= 11 is 0. The molecule has 162 valence electrons. The molecule has 0 N–H and O–H groups in total. The molecule has 0 bridgehead atoms. The zero-order valence-corrected chi connectivity index (χ0v) is 18.7. The topological polar surface area (TPSA) is 66.9 Å². The normalized spacial score (nSPS) is 11.1. The van der Waals surface area contributed by atoms with Crippen molar-refractivity contribution >= 4 is 21.6 Å². The number of anilines is 1. The van der Waals surface area contributed by atoms with Crippen LogP contribution >= 0.6 is 0 Å². The van der Waals surface area contributed by atoms with Gasteiger partial charge in [-0.05, 0) is 54.4 Å². The molecular formula is C24H26N2O4S. The van der Waals surface area contributed by atoms with Crippen molar-refractivity contribution in [3.8, 4) is 5.75 Å². The van der Waals surface area contributed by atoms with Gasteiger partial charge in [0.25, 0.3) is 10.0 Å². The quantitative estimate of drug-likeness (QED) is 0.536. The second-order valence-electron chi connectivity index (χ2n) is 7.26. The second kappa shape index (κ2) is 9.66. The molecule has 3 aromatic carbocycles. The van der Waals surface area contributed by atoms with E-state index in [1.165, 1.54) is 21.3 Å². The zero-order chi connectivity index (χ0) is 22.4. The van der Waals surface area contributed by atoms with E-state index in [0.717, 1.165) is 16.9 Å². The molecule has 0 aliphatic heterocycles. The van der Waals surface area contributed by atoms with Crippen LogP contribution in [0.1, 0.15) is 11.1 Å². The summed E-state index contributed by atoms with van der Waals surface area (Å²) < 4.78 is 33.1. The van der Waals surface area contributed by atoms with Crippen molar-refractivity contribution in [2.24, 2.45) is 0 Å². The fourth-order valence-corrected chi connectivity index (χ4v) is 4.58. The van der Waals surface area contributed by atoms with Crippen LogP contribution in [0.25, 0.3) is 0 Å². The highest BCUT2D eigenvalue weighted by Crippen LogP contribution is 2.24. The van der Waals surface area contributed by atoms with E-state index in [9.17, 15) is 13.2 Å². The first-order valence-electron chi connectivity index (χ1n) is 9.82. The number of aryl methyl sites for hydroxylation is 1. The van der Waals surface area contributed by atoms with Gasteiger partial charge >= 0.3 is 0 Å². The average Bonchev–Trinajstić information content (AvgIpc) is 2.78. The lowest BCUT2D eigenvalue weighted by Crippen LogP contribution is -2.41. The number of likely N-dealkylation sites (N-methyl/N-ethyl adjacent to an activating group) is 1. The molecule has 0 radical (unpaired) electrons. The number of amides is 1. The van der Waals surface area contributed by atoms with E-state index in [4.69, 9.17) is 4.74 Å². The number of carbonyl (C=O) groups is 1. The zero-order valence-electron chi connectivity index (χ0n) is 17.9. The number of hydrogen-bond donors (Lipinski definition) is 0. The van der Waals surface area contributed by atoms with Gasteiger partial charge in [-0.1, -0.05) is 42.5 Å². The van der Waals surface area contributed by atoms with Crippen molar-refractivity contribution in [1.29, 1.82) is 0 Å². The fourth-order valence-electron chi connectivity index (χ4n) is 3.15. The van der Waals surface area contributed by atoms with E-state index >= 15 is 0 Å². The van der Waals surface area contributed by atoms with Gasteiger partial charge in [0.15, 0.2) is 0 Å². The molecular weight excluding hydrogens is 412 g/mol. The van der Waals surface area contributed by atoms with Gasteiger partial charge in [0, 0.05) is 13.6 Å². The monoisotopic (exact) mass is 438 g/mol. The Balaban J connectivity index is 1.86. The Morgan fingerprint density at radius 2 is 1.61 bits per heavy atom. The highest BCUT2D eigenvalue weighted by atomic mass is 32.2. The van der Waals surface area contributed by atoms with Crippen LogP contribution in [0.5, 0.6) is 5.75 Å². The van der Waals surface area contributed by atoms with Gasteiger partial charge in [0.05, 0.1) is 17.7 Å². The molecule has 0 fully saturated rings. The van der Waals surface area contributed by atoms with Crippen LogP contribution in [0.2, 0.25) is 0 Å². The standard InChI is InChI=1S/C24H26N2O4S/c1-19-8-7-9-21(16-19)26(31(28,29)23-10-5-4-6-11-23)18-24(27)25(2)17-20-12-14-22(30-3)15-13-20/h4-16H,17-18H2,1-3H3. The maximum atomic E-state index is 13.4. The molecule has 3 rings (SSSR count). The lowest BCUT2D eigenvalue weighted by atomic mass is 10.2. The van der Waals surface area contributed by atoms with E-state index in [-0.39, 0.29) is 17.3 Å². The molecule has 6 nitrogen and oxygen atoms in total. The van der Waals surface area contributed by atoms with Crippen molar-refractivity contribution in [3.63, 3.8) is 0 Å². The third-order valence-electron chi connectivity index (χ3n) is 4.90. The summed E-state index contributed by atoms with van der Waals surface area (Å²) in [6.45, 7) is 1.94. The third kappa shape index (κ3) is 5.44. The van der Waals surface area contributed by atoms with Crippen LogP contribution in [0.3, 0.4) is 0 Å². The number of carbonyl (C=O) groups excluding carboxylic acids is 1. The van der Waals surface area contributed by atoms with Crippen molar-refractivity contribution < 1.29 is 17.9 Å². The predicted octanol–water partition coefficient (Wildman–Crippen LogP) is 3.86. The van der Waals surface area contributed by atoms with Crippen LogP contribution in [-0.4, -0.2) is 39.9 Å². The lowest BCUT2D eigenvalue weighted by Gasteiger charge is -2.27. The van der Waals surface area contributed by atoms with Gasteiger partial charge in [-0.2, -0.15) is 0 Å². The first-order chi connectivity index (χ1) is 14.8. The molecule has 0 unspecified atom stereocenters. The molecule has 0 atom stereocenters. The maximum absolute atomic E-state index is 13.4. The average molecular weight is 439 g/mol. The minimum Gasteiger partial charge on any atom is -0.497 e. The number of rotatable bonds is 8. The largest absolute Gasteiger partial charge is 0.497 e. The Morgan fingerprint density at radius 3 is 2.23 bits per heavy atom. The number of sulfonamides is 1. The molecule has 7 heteroatoms. The SMILES string of the molecule is COc1ccc(CN(C)C(=O)CN(c2cccc(C)c2)S(=O)(=O)c2ccccc2)cc1. The highest BCUT2D eigenvalue weighted by molar-refractivity contribution is 7.92. The van der Waals surface area contributed by atoms with Gasteiger partial charge in [-0.25, -0.2) is 8.42 Å². The first kappa shape index (κ1) is 22.4. The predicted molar refractivity (Wildman–Crippen MR) is 122 cm³/mol. The van der Waals surface area contributed by atoms with Crippen LogP contribution < -0.4 is 9.04 Å². The van der Waals surface area contributed by atoms with Gasteiger partial charge in [-0.15, -0.1) is 0 Å². The smallest absolute Gasteiger partial charge is 0.264 e. The minimum atomic E-state index is -3.91. The van der Waals surface area contributed by atoms with Gasteiger partial charge in [0.1, 0.15) is 12.3 Å². The van der Waals surface area contributed by atoms with Gasteiger partial charge in [-0.3, -0.25) is 9.10 Å². The van der Waals surface area contributed by atoms with Crippen LogP contribution in [-0.2, 0) is 21.4 Å². The fraction of sp³-hybridized carbons (Fsp3) is 0.208. The lowest BCUT2D eigenvalue weighted by molar-refractivity contribution is -0.128. The Morgan fingerprint density at radius 1 is 0.935 bits per heavy atom. The molecule has 0 saturated carbocycles. The molecule has 0 saturated heterocycles. The molecule has 1 amide bonds. The number of methoxy groups -OCH3 is 1. The Labute approximate surface area is 183 Å². The van der Waals surface area contributed by atoms with Crippen molar-refractivity contribution in [2.45, 2.75) is 18.4 Å². The number of benzene rings is 3. The second-order valence-corrected chi connectivity index (χ2v) is 9.12. The Bertz CT molecular complexity index is 1130. The molecule has 0 heterocycles. The summed E-state index contributed by atoms with van der Waals surface area (Å²) in [6.07, 6.45) is 0. The molecule has 0 aliphatic carbocycles. The summed E-state index contributed by atoms with van der Waals surface area (Å²) in [7, 11) is -0.654.